The highest BCUT2D eigenvalue weighted by atomic mass is 19.1. The van der Waals surface area contributed by atoms with Gasteiger partial charge < -0.3 is 9.84 Å². The minimum absolute atomic E-state index is 0.0502. The summed E-state index contributed by atoms with van der Waals surface area (Å²) in [6.45, 7) is 2.26. The highest BCUT2D eigenvalue weighted by molar-refractivity contribution is 5.88. The van der Waals surface area contributed by atoms with E-state index in [4.69, 9.17) is 9.84 Å². The van der Waals surface area contributed by atoms with Crippen LogP contribution in [-0.4, -0.2) is 40.8 Å². The van der Waals surface area contributed by atoms with Crippen LogP contribution in [0.25, 0.3) is 0 Å². The third kappa shape index (κ3) is 2.66. The van der Waals surface area contributed by atoms with Crippen molar-refractivity contribution in [1.29, 1.82) is 0 Å². The molecule has 0 aromatic heterocycles. The van der Waals surface area contributed by atoms with Crippen molar-refractivity contribution in [3.63, 3.8) is 0 Å². The summed E-state index contributed by atoms with van der Waals surface area (Å²) >= 11 is 0. The minimum atomic E-state index is -1.06. The van der Waals surface area contributed by atoms with Crippen molar-refractivity contribution in [2.45, 2.75) is 56.7 Å². The van der Waals surface area contributed by atoms with E-state index in [1.807, 2.05) is 0 Å². The maximum absolute atomic E-state index is 14.3. The monoisotopic (exact) mass is 319 g/mol. The van der Waals surface area contributed by atoms with Crippen molar-refractivity contribution < 1.29 is 19.0 Å². The molecule has 1 N–H and O–H groups in total. The third-order valence-corrected chi connectivity index (χ3v) is 5.81. The Hall–Kier alpha value is -1.46. The third-order valence-electron chi connectivity index (χ3n) is 5.81. The zero-order valence-corrected chi connectivity index (χ0v) is 13.2. The van der Waals surface area contributed by atoms with Crippen LogP contribution in [-0.2, 0) is 17.7 Å². The highest BCUT2D eigenvalue weighted by Crippen LogP contribution is 2.44. The van der Waals surface area contributed by atoms with Crippen LogP contribution in [0, 0.1) is 5.82 Å². The average Bonchev–Trinajstić information content (AvgIpc) is 2.53. The van der Waals surface area contributed by atoms with E-state index in [2.05, 4.69) is 4.90 Å². The number of fused-ring (bicyclic) bond motifs is 1. The summed E-state index contributed by atoms with van der Waals surface area (Å²) in [7, 11) is 0. The van der Waals surface area contributed by atoms with E-state index in [9.17, 15) is 9.18 Å². The van der Waals surface area contributed by atoms with E-state index in [1.165, 1.54) is 6.42 Å². The van der Waals surface area contributed by atoms with E-state index in [-0.39, 0.29) is 17.0 Å². The Morgan fingerprint density at radius 3 is 2.91 bits per heavy atom. The molecule has 1 spiro atoms. The second-order valence-corrected chi connectivity index (χ2v) is 7.15. The van der Waals surface area contributed by atoms with Gasteiger partial charge in [-0.15, -0.1) is 0 Å². The SMILES string of the molecule is O=C(O)c1cc(F)c2c(c1)CCN([C@H]1CCOC3(CCC3)C1)C2. The van der Waals surface area contributed by atoms with Crippen molar-refractivity contribution in [3.8, 4) is 0 Å². The van der Waals surface area contributed by atoms with Crippen molar-refractivity contribution in [2.75, 3.05) is 13.2 Å². The van der Waals surface area contributed by atoms with Crippen molar-refractivity contribution in [2.24, 2.45) is 0 Å². The van der Waals surface area contributed by atoms with Crippen molar-refractivity contribution in [3.05, 3.63) is 34.6 Å². The van der Waals surface area contributed by atoms with Gasteiger partial charge in [-0.3, -0.25) is 4.90 Å². The van der Waals surface area contributed by atoms with Gasteiger partial charge in [0.05, 0.1) is 11.2 Å². The molecule has 23 heavy (non-hydrogen) atoms. The number of nitrogens with zero attached hydrogens (tertiary/aromatic N) is 1. The summed E-state index contributed by atoms with van der Waals surface area (Å²) < 4.78 is 20.3. The summed E-state index contributed by atoms with van der Waals surface area (Å²) in [5.41, 5.74) is 1.67. The maximum Gasteiger partial charge on any atom is 0.335 e. The van der Waals surface area contributed by atoms with Gasteiger partial charge in [-0.2, -0.15) is 0 Å². The van der Waals surface area contributed by atoms with Gasteiger partial charge >= 0.3 is 5.97 Å². The highest BCUT2D eigenvalue weighted by Gasteiger charge is 2.44. The lowest BCUT2D eigenvalue weighted by atomic mass is 9.73. The summed E-state index contributed by atoms with van der Waals surface area (Å²) in [5.74, 6) is -1.44. The predicted molar refractivity (Wildman–Crippen MR) is 83.0 cm³/mol. The number of hydrogen-bond donors (Lipinski definition) is 1. The molecule has 0 unspecified atom stereocenters. The number of carbonyl (C=O) groups is 1. The first-order chi connectivity index (χ1) is 11.1. The lowest BCUT2D eigenvalue weighted by molar-refractivity contribution is -0.149. The van der Waals surface area contributed by atoms with E-state index >= 15 is 0 Å². The zero-order valence-electron chi connectivity index (χ0n) is 13.2. The Bertz CT molecular complexity index is 641. The Morgan fingerprint density at radius 1 is 1.39 bits per heavy atom. The molecule has 2 aliphatic heterocycles. The first-order valence-electron chi connectivity index (χ1n) is 8.49. The lowest BCUT2D eigenvalue weighted by Gasteiger charge is -2.50. The fraction of sp³-hybridized carbons (Fsp3) is 0.611. The van der Waals surface area contributed by atoms with Crippen LogP contribution in [0.4, 0.5) is 4.39 Å². The summed E-state index contributed by atoms with van der Waals surface area (Å²) in [4.78, 5) is 13.4. The van der Waals surface area contributed by atoms with Gasteiger partial charge in [0.15, 0.2) is 0 Å². The normalized spacial score (nSPS) is 26.6. The maximum atomic E-state index is 14.3. The quantitative estimate of drug-likeness (QED) is 0.910. The molecule has 3 aliphatic rings. The molecule has 1 aliphatic carbocycles. The Labute approximate surface area is 135 Å². The van der Waals surface area contributed by atoms with Crippen LogP contribution in [0.1, 0.15) is 53.6 Å². The molecule has 1 saturated heterocycles. The number of halogens is 1. The van der Waals surface area contributed by atoms with Crippen LogP contribution < -0.4 is 0 Å². The number of carboxylic acid groups (broad SMARTS) is 1. The number of rotatable bonds is 2. The van der Waals surface area contributed by atoms with Crippen molar-refractivity contribution >= 4 is 5.97 Å². The van der Waals surface area contributed by atoms with Crippen molar-refractivity contribution in [1.82, 2.24) is 4.90 Å². The summed E-state index contributed by atoms with van der Waals surface area (Å²) in [6, 6.07) is 3.24. The van der Waals surface area contributed by atoms with Gasteiger partial charge in [-0.05, 0) is 56.2 Å². The van der Waals surface area contributed by atoms with Gasteiger partial charge in [-0.25, -0.2) is 9.18 Å². The smallest absolute Gasteiger partial charge is 0.335 e. The van der Waals surface area contributed by atoms with Gasteiger partial charge in [0, 0.05) is 31.3 Å². The second-order valence-electron chi connectivity index (χ2n) is 7.15. The van der Waals surface area contributed by atoms with Gasteiger partial charge in [-0.1, -0.05) is 0 Å². The number of hydrogen-bond acceptors (Lipinski definition) is 3. The summed E-state index contributed by atoms with van der Waals surface area (Å²) in [6.07, 6.45) is 6.34. The predicted octanol–water partition coefficient (Wildman–Crippen LogP) is 2.98. The van der Waals surface area contributed by atoms with Crippen LogP contribution in [0.2, 0.25) is 0 Å². The standard InChI is InChI=1S/C18H22FNO3/c19-16-9-13(17(21)22)8-12-2-6-20(11-15(12)16)14-3-7-23-18(10-14)4-1-5-18/h8-9,14H,1-7,10-11H2,(H,21,22)/t14-/m0/s1. The molecule has 1 atom stereocenters. The molecule has 4 rings (SSSR count). The lowest BCUT2D eigenvalue weighted by Crippen LogP contribution is -2.53. The van der Waals surface area contributed by atoms with E-state index in [0.29, 0.717) is 18.2 Å². The topological polar surface area (TPSA) is 49.8 Å². The molecule has 1 saturated carbocycles. The Morgan fingerprint density at radius 2 is 2.22 bits per heavy atom. The van der Waals surface area contributed by atoms with E-state index in [1.54, 1.807) is 6.07 Å². The molecule has 4 nitrogen and oxygen atoms in total. The van der Waals surface area contributed by atoms with Crippen LogP contribution in [0.15, 0.2) is 12.1 Å². The number of carboxylic acids is 1. The zero-order chi connectivity index (χ0) is 16.0. The largest absolute Gasteiger partial charge is 0.478 e. The molecule has 2 heterocycles. The van der Waals surface area contributed by atoms with E-state index in [0.717, 1.165) is 56.9 Å². The number of aromatic carboxylic acids is 1. The molecule has 2 fully saturated rings. The molecular weight excluding hydrogens is 297 g/mol. The minimum Gasteiger partial charge on any atom is -0.478 e. The molecule has 1 aromatic carbocycles. The van der Waals surface area contributed by atoms with E-state index < -0.39 is 5.97 Å². The second kappa shape index (κ2) is 5.56. The first-order valence-corrected chi connectivity index (χ1v) is 8.49. The van der Waals surface area contributed by atoms with Crippen LogP contribution >= 0.6 is 0 Å². The molecular formula is C18H22FNO3. The van der Waals surface area contributed by atoms with Gasteiger partial charge in [0.2, 0.25) is 0 Å². The molecule has 0 amide bonds. The Kier molecular flexibility index (Phi) is 3.65. The fourth-order valence-electron chi connectivity index (χ4n) is 4.31. The molecule has 5 heteroatoms. The first kappa shape index (κ1) is 15.1. The molecule has 1 aromatic rings. The molecule has 124 valence electrons. The fourth-order valence-corrected chi connectivity index (χ4v) is 4.31. The molecule has 0 bridgehead atoms. The molecule has 0 radical (unpaired) electrons. The van der Waals surface area contributed by atoms with Crippen LogP contribution in [0.3, 0.4) is 0 Å². The summed E-state index contributed by atoms with van der Waals surface area (Å²) in [5, 5.41) is 9.07. The van der Waals surface area contributed by atoms with Crippen LogP contribution in [0.5, 0.6) is 0 Å². The number of ether oxygens (including phenoxy) is 1. The number of benzene rings is 1. The van der Waals surface area contributed by atoms with Gasteiger partial charge in [0.25, 0.3) is 0 Å². The Balaban J connectivity index is 1.53. The average molecular weight is 319 g/mol. The van der Waals surface area contributed by atoms with Gasteiger partial charge in [0.1, 0.15) is 5.82 Å².